The number of aromatic nitrogens is 2. The fourth-order valence-corrected chi connectivity index (χ4v) is 4.37. The lowest BCUT2D eigenvalue weighted by Crippen LogP contribution is -2.44. The van der Waals surface area contributed by atoms with Gasteiger partial charge >= 0.3 is 5.69 Å². The fraction of sp³-hybridized carbons (Fsp3) is 0.375. The van der Waals surface area contributed by atoms with Gasteiger partial charge in [0.2, 0.25) is 6.41 Å². The Kier molecular flexibility index (Phi) is 7.33. The summed E-state index contributed by atoms with van der Waals surface area (Å²) in [6.45, 7) is -1.25. The first-order chi connectivity index (χ1) is 17.0. The van der Waals surface area contributed by atoms with Gasteiger partial charge in [0.15, 0.2) is 6.10 Å². The Labute approximate surface area is 198 Å². The monoisotopic (exact) mass is 486 g/mol. The predicted molar refractivity (Wildman–Crippen MR) is 126 cm³/mol. The van der Waals surface area contributed by atoms with Gasteiger partial charge in [-0.15, -0.1) is 4.91 Å². The summed E-state index contributed by atoms with van der Waals surface area (Å²) >= 11 is 0. The molecule has 1 aliphatic rings. The molecule has 0 unspecified atom stereocenters. The molecule has 1 amide bonds. The molecule has 1 saturated heterocycles. The Balaban J connectivity index is 1.86. The number of hydrogen-bond acceptors (Lipinski definition) is 6. The van der Waals surface area contributed by atoms with Crippen LogP contribution in [-0.2, 0) is 11.3 Å². The molecular formula is C24H24F2N4O5. The summed E-state index contributed by atoms with van der Waals surface area (Å²) < 4.78 is 33.9. The molecule has 11 heteroatoms. The molecule has 1 aliphatic heterocycles. The van der Waals surface area contributed by atoms with E-state index in [9.17, 15) is 28.1 Å². The van der Waals surface area contributed by atoms with Crippen LogP contribution >= 0.6 is 0 Å². The predicted octanol–water partition coefficient (Wildman–Crippen LogP) is 3.09. The lowest BCUT2D eigenvalue weighted by molar-refractivity contribution is -0.119. The minimum atomic E-state index is -1.30. The molecule has 0 bridgehead atoms. The third-order valence-corrected chi connectivity index (χ3v) is 6.16. The number of hydrogen-bond donors (Lipinski definition) is 0. The average Bonchev–Trinajstić information content (AvgIpc) is 2.90. The number of fused-ring (bicyclic) bond motifs is 1. The zero-order valence-corrected chi connectivity index (χ0v) is 18.8. The highest BCUT2D eigenvalue weighted by molar-refractivity contribution is 5.80. The summed E-state index contributed by atoms with van der Waals surface area (Å²) in [6.07, 6.45) is 0.495. The van der Waals surface area contributed by atoms with Crippen molar-refractivity contribution in [1.82, 2.24) is 14.0 Å². The number of alkyl halides is 2. The molecule has 1 fully saturated rings. The smallest absolute Gasteiger partial charge is 0.332 e. The molecule has 0 atom stereocenters. The molecule has 184 valence electrons. The number of likely N-dealkylation sites (tertiary alicyclic amines) is 1. The van der Waals surface area contributed by atoms with Crippen LogP contribution in [0.1, 0.15) is 24.4 Å². The van der Waals surface area contributed by atoms with Gasteiger partial charge < -0.3 is 9.64 Å². The van der Waals surface area contributed by atoms with Crippen molar-refractivity contribution in [3.05, 3.63) is 73.8 Å². The fourth-order valence-electron chi connectivity index (χ4n) is 4.37. The van der Waals surface area contributed by atoms with Crippen LogP contribution in [0, 0.1) is 4.91 Å². The normalized spacial score (nSPS) is 14.4. The number of ether oxygens (including phenoxy) is 1. The van der Waals surface area contributed by atoms with Gasteiger partial charge in [0, 0.05) is 19.1 Å². The van der Waals surface area contributed by atoms with E-state index in [4.69, 9.17) is 4.74 Å². The minimum absolute atomic E-state index is 0.104. The van der Waals surface area contributed by atoms with E-state index in [1.165, 1.54) is 34.9 Å². The third-order valence-electron chi connectivity index (χ3n) is 6.16. The van der Waals surface area contributed by atoms with Crippen molar-refractivity contribution in [1.29, 1.82) is 0 Å². The highest BCUT2D eigenvalue weighted by Crippen LogP contribution is 2.26. The summed E-state index contributed by atoms with van der Waals surface area (Å²) in [5.74, 6) is 0.106. The molecule has 0 saturated carbocycles. The van der Waals surface area contributed by atoms with Crippen molar-refractivity contribution >= 4 is 23.0 Å². The van der Waals surface area contributed by atoms with Crippen LogP contribution in [0.25, 0.3) is 10.9 Å². The molecule has 0 aliphatic carbocycles. The van der Waals surface area contributed by atoms with E-state index >= 15 is 0 Å². The van der Waals surface area contributed by atoms with Crippen LogP contribution in [0.2, 0.25) is 0 Å². The summed E-state index contributed by atoms with van der Waals surface area (Å²) in [6, 6.07) is 10.4. The van der Waals surface area contributed by atoms with E-state index in [0.29, 0.717) is 37.0 Å². The Hall–Kier alpha value is -3.89. The van der Waals surface area contributed by atoms with E-state index in [0.717, 1.165) is 11.0 Å². The molecule has 2 heterocycles. The van der Waals surface area contributed by atoms with E-state index in [1.54, 1.807) is 17.0 Å². The standard InChI is InChI=1S/C24H24F2N4O5/c25-12-20(13-26)35-19-4-5-22-21(11-19)23(32)29(14-16-2-1-3-17(10-16)27-34)24(33)30(22)18-6-8-28(15-31)9-7-18/h1-5,10-11,15,18,20H,6-9,12-14H2. The first kappa shape index (κ1) is 24.2. The lowest BCUT2D eigenvalue weighted by Gasteiger charge is -2.31. The van der Waals surface area contributed by atoms with Gasteiger partial charge in [-0.25, -0.2) is 13.6 Å². The number of piperidine rings is 1. The van der Waals surface area contributed by atoms with Crippen molar-refractivity contribution in [2.24, 2.45) is 5.18 Å². The second kappa shape index (κ2) is 10.6. The Morgan fingerprint density at radius 1 is 1.09 bits per heavy atom. The maximum atomic E-state index is 13.6. The largest absolute Gasteiger partial charge is 0.485 e. The van der Waals surface area contributed by atoms with Gasteiger partial charge in [-0.05, 0) is 53.9 Å². The van der Waals surface area contributed by atoms with Gasteiger partial charge in [0.25, 0.3) is 5.56 Å². The Morgan fingerprint density at radius 2 is 1.83 bits per heavy atom. The molecular weight excluding hydrogens is 462 g/mol. The summed E-state index contributed by atoms with van der Waals surface area (Å²) in [7, 11) is 0. The number of nitroso groups, excluding NO2 is 1. The van der Waals surface area contributed by atoms with Crippen LogP contribution in [0.5, 0.6) is 5.75 Å². The third kappa shape index (κ3) is 4.98. The first-order valence-electron chi connectivity index (χ1n) is 11.2. The first-order valence-corrected chi connectivity index (χ1v) is 11.2. The number of nitrogens with zero attached hydrogens (tertiary/aromatic N) is 4. The molecule has 0 radical (unpaired) electrons. The van der Waals surface area contributed by atoms with E-state index in [1.807, 2.05) is 0 Å². The van der Waals surface area contributed by atoms with Crippen LogP contribution in [0.15, 0.2) is 57.2 Å². The molecule has 2 aromatic carbocycles. The van der Waals surface area contributed by atoms with Crippen LogP contribution in [-0.4, -0.2) is 53.0 Å². The van der Waals surface area contributed by atoms with Crippen LogP contribution < -0.4 is 16.0 Å². The minimum Gasteiger partial charge on any atom is -0.485 e. The summed E-state index contributed by atoms with van der Waals surface area (Å²) in [4.78, 5) is 50.7. The molecule has 4 rings (SSSR count). The number of halogens is 2. The average molecular weight is 486 g/mol. The van der Waals surface area contributed by atoms with Gasteiger partial charge in [0.1, 0.15) is 24.8 Å². The number of benzene rings is 2. The van der Waals surface area contributed by atoms with Crippen molar-refractivity contribution < 1.29 is 18.3 Å². The maximum absolute atomic E-state index is 13.6. The second-order valence-electron chi connectivity index (χ2n) is 8.41. The lowest BCUT2D eigenvalue weighted by atomic mass is 10.0. The highest BCUT2D eigenvalue weighted by atomic mass is 19.1. The quantitative estimate of drug-likeness (QED) is 0.342. The van der Waals surface area contributed by atoms with Crippen molar-refractivity contribution in [3.8, 4) is 5.75 Å². The topological polar surface area (TPSA) is 103 Å². The van der Waals surface area contributed by atoms with Crippen molar-refractivity contribution in [3.63, 3.8) is 0 Å². The van der Waals surface area contributed by atoms with Crippen molar-refractivity contribution in [2.75, 3.05) is 26.4 Å². The van der Waals surface area contributed by atoms with Gasteiger partial charge in [-0.3, -0.25) is 18.7 Å². The number of amides is 1. The molecule has 0 spiro atoms. The number of carbonyl (C=O) groups is 1. The van der Waals surface area contributed by atoms with E-state index in [-0.39, 0.29) is 29.4 Å². The van der Waals surface area contributed by atoms with Gasteiger partial charge in [0.05, 0.1) is 17.4 Å². The molecule has 35 heavy (non-hydrogen) atoms. The SMILES string of the molecule is O=CN1CCC(n2c(=O)n(Cc3cccc(N=O)c3)c(=O)c3cc(OC(CF)CF)ccc32)CC1. The maximum Gasteiger partial charge on any atom is 0.332 e. The second-order valence-corrected chi connectivity index (χ2v) is 8.41. The molecule has 0 N–H and O–H groups in total. The summed E-state index contributed by atoms with van der Waals surface area (Å²) in [5.41, 5.74) is -0.0648. The highest BCUT2D eigenvalue weighted by Gasteiger charge is 2.25. The Morgan fingerprint density at radius 3 is 2.49 bits per heavy atom. The number of carbonyl (C=O) groups excluding carboxylic acids is 1. The van der Waals surface area contributed by atoms with E-state index < -0.39 is 30.7 Å². The number of rotatable bonds is 9. The van der Waals surface area contributed by atoms with Crippen LogP contribution in [0.4, 0.5) is 14.5 Å². The van der Waals surface area contributed by atoms with Crippen molar-refractivity contribution in [2.45, 2.75) is 31.5 Å². The van der Waals surface area contributed by atoms with Crippen LogP contribution in [0.3, 0.4) is 0 Å². The molecule has 3 aromatic rings. The zero-order valence-electron chi connectivity index (χ0n) is 18.8. The molecule has 1 aromatic heterocycles. The van der Waals surface area contributed by atoms with Gasteiger partial charge in [-0.2, -0.15) is 0 Å². The Bertz CT molecular complexity index is 1340. The molecule has 9 nitrogen and oxygen atoms in total. The zero-order chi connectivity index (χ0) is 24.9. The van der Waals surface area contributed by atoms with E-state index in [2.05, 4.69) is 5.18 Å². The summed E-state index contributed by atoms with van der Waals surface area (Å²) in [5, 5.41) is 3.05. The van der Waals surface area contributed by atoms with Gasteiger partial charge in [-0.1, -0.05) is 12.1 Å².